The van der Waals surface area contributed by atoms with E-state index in [-0.39, 0.29) is 6.10 Å². The Kier molecular flexibility index (Phi) is 4.90. The van der Waals surface area contributed by atoms with Crippen molar-refractivity contribution in [3.8, 4) is 0 Å². The summed E-state index contributed by atoms with van der Waals surface area (Å²) in [6.45, 7) is 9.99. The van der Waals surface area contributed by atoms with E-state index in [0.29, 0.717) is 5.92 Å². The van der Waals surface area contributed by atoms with Gasteiger partial charge in [0.25, 0.3) is 0 Å². The highest BCUT2D eigenvalue weighted by Crippen LogP contribution is 2.29. The van der Waals surface area contributed by atoms with Crippen LogP contribution in [0.2, 0.25) is 0 Å². The van der Waals surface area contributed by atoms with E-state index in [1.807, 2.05) is 0 Å². The van der Waals surface area contributed by atoms with Crippen LogP contribution in [-0.2, 0) is 0 Å². The number of nitrogens with zero attached hydrogens (tertiary/aromatic N) is 1. The fraction of sp³-hybridized carbons (Fsp3) is 1.00. The molecule has 0 saturated heterocycles. The standard InChI is InChI=1S/C12H25NO/c1-4-13(5-2)9-11-8-10(3)6-7-12(11)14/h10-12,14H,4-9H2,1-3H3. The smallest absolute Gasteiger partial charge is 0.0580 e. The Labute approximate surface area is 88.3 Å². The lowest BCUT2D eigenvalue weighted by Gasteiger charge is -2.34. The second kappa shape index (κ2) is 5.72. The SMILES string of the molecule is CCN(CC)CC1CC(C)CCC1O. The average molecular weight is 199 g/mol. The molecule has 0 amide bonds. The van der Waals surface area contributed by atoms with E-state index in [1.54, 1.807) is 0 Å². The summed E-state index contributed by atoms with van der Waals surface area (Å²) in [5, 5.41) is 9.90. The van der Waals surface area contributed by atoms with Gasteiger partial charge < -0.3 is 10.0 Å². The van der Waals surface area contributed by atoms with Gasteiger partial charge in [-0.05, 0) is 44.2 Å². The predicted molar refractivity (Wildman–Crippen MR) is 60.3 cm³/mol. The molecule has 1 aliphatic carbocycles. The molecule has 0 bridgehead atoms. The molecule has 1 fully saturated rings. The largest absolute Gasteiger partial charge is 0.393 e. The van der Waals surface area contributed by atoms with Gasteiger partial charge in [-0.1, -0.05) is 20.8 Å². The number of hydrogen-bond donors (Lipinski definition) is 1. The Bertz CT molecular complexity index is 156. The molecule has 1 N–H and O–H groups in total. The summed E-state index contributed by atoms with van der Waals surface area (Å²) in [6.07, 6.45) is 3.37. The van der Waals surface area contributed by atoms with Crippen molar-refractivity contribution >= 4 is 0 Å². The molecule has 14 heavy (non-hydrogen) atoms. The molecule has 0 aromatic rings. The summed E-state index contributed by atoms with van der Waals surface area (Å²) in [5.74, 6) is 1.32. The van der Waals surface area contributed by atoms with Gasteiger partial charge in [0, 0.05) is 6.54 Å². The van der Waals surface area contributed by atoms with Crippen molar-refractivity contribution in [1.82, 2.24) is 4.90 Å². The minimum Gasteiger partial charge on any atom is -0.393 e. The molecule has 1 aliphatic rings. The zero-order chi connectivity index (χ0) is 10.6. The third-order valence-corrected chi connectivity index (χ3v) is 3.59. The molecule has 84 valence electrons. The summed E-state index contributed by atoms with van der Waals surface area (Å²) in [7, 11) is 0. The van der Waals surface area contributed by atoms with Crippen LogP contribution in [0.5, 0.6) is 0 Å². The molecular weight excluding hydrogens is 174 g/mol. The summed E-state index contributed by atoms with van der Waals surface area (Å²) in [5.41, 5.74) is 0. The van der Waals surface area contributed by atoms with Crippen molar-refractivity contribution < 1.29 is 5.11 Å². The summed E-state index contributed by atoms with van der Waals surface area (Å²) in [6, 6.07) is 0. The van der Waals surface area contributed by atoms with Gasteiger partial charge in [0.1, 0.15) is 0 Å². The van der Waals surface area contributed by atoms with E-state index >= 15 is 0 Å². The van der Waals surface area contributed by atoms with Gasteiger partial charge in [-0.3, -0.25) is 0 Å². The van der Waals surface area contributed by atoms with E-state index in [1.165, 1.54) is 12.8 Å². The number of rotatable bonds is 4. The Morgan fingerprint density at radius 3 is 2.43 bits per heavy atom. The van der Waals surface area contributed by atoms with Gasteiger partial charge in [0.05, 0.1) is 6.10 Å². The molecule has 0 spiro atoms. The third kappa shape index (κ3) is 3.25. The molecule has 3 atom stereocenters. The van der Waals surface area contributed by atoms with Gasteiger partial charge in [-0.2, -0.15) is 0 Å². The number of hydrogen-bond acceptors (Lipinski definition) is 2. The molecular formula is C12H25NO. The summed E-state index contributed by atoms with van der Waals surface area (Å²) in [4.78, 5) is 2.42. The molecule has 0 heterocycles. The molecule has 2 nitrogen and oxygen atoms in total. The zero-order valence-corrected chi connectivity index (χ0v) is 9.87. The van der Waals surface area contributed by atoms with Crippen LogP contribution in [0.3, 0.4) is 0 Å². The quantitative estimate of drug-likeness (QED) is 0.749. The minimum absolute atomic E-state index is 0.0493. The van der Waals surface area contributed by atoms with Crippen molar-refractivity contribution in [1.29, 1.82) is 0 Å². The molecule has 1 saturated carbocycles. The van der Waals surface area contributed by atoms with Gasteiger partial charge in [0.2, 0.25) is 0 Å². The highest BCUT2D eigenvalue weighted by Gasteiger charge is 2.27. The first-order valence-corrected chi connectivity index (χ1v) is 6.07. The lowest BCUT2D eigenvalue weighted by Crippen LogP contribution is -2.38. The second-order valence-corrected chi connectivity index (χ2v) is 4.73. The van der Waals surface area contributed by atoms with Gasteiger partial charge in [-0.15, -0.1) is 0 Å². The van der Waals surface area contributed by atoms with Crippen LogP contribution in [0, 0.1) is 11.8 Å². The maximum absolute atomic E-state index is 9.90. The van der Waals surface area contributed by atoms with Crippen LogP contribution in [0.15, 0.2) is 0 Å². The Morgan fingerprint density at radius 2 is 1.86 bits per heavy atom. The average Bonchev–Trinajstić information content (AvgIpc) is 2.19. The monoisotopic (exact) mass is 199 g/mol. The third-order valence-electron chi connectivity index (χ3n) is 3.59. The van der Waals surface area contributed by atoms with Crippen molar-refractivity contribution in [2.75, 3.05) is 19.6 Å². The first kappa shape index (κ1) is 12.0. The fourth-order valence-electron chi connectivity index (χ4n) is 2.49. The second-order valence-electron chi connectivity index (χ2n) is 4.73. The van der Waals surface area contributed by atoms with Crippen molar-refractivity contribution in [2.45, 2.75) is 46.1 Å². The lowest BCUT2D eigenvalue weighted by molar-refractivity contribution is 0.0323. The minimum atomic E-state index is -0.0493. The van der Waals surface area contributed by atoms with E-state index in [4.69, 9.17) is 0 Å². The van der Waals surface area contributed by atoms with Crippen LogP contribution in [-0.4, -0.2) is 35.7 Å². The maximum atomic E-state index is 9.90. The van der Waals surface area contributed by atoms with Crippen LogP contribution in [0.4, 0.5) is 0 Å². The summed E-state index contributed by atoms with van der Waals surface area (Å²) < 4.78 is 0. The molecule has 0 aliphatic heterocycles. The van der Waals surface area contributed by atoms with Crippen LogP contribution in [0.1, 0.15) is 40.0 Å². The van der Waals surface area contributed by atoms with Crippen molar-refractivity contribution in [3.63, 3.8) is 0 Å². The van der Waals surface area contributed by atoms with Crippen molar-refractivity contribution in [3.05, 3.63) is 0 Å². The van der Waals surface area contributed by atoms with E-state index in [0.717, 1.165) is 32.0 Å². The molecule has 0 aromatic heterocycles. The molecule has 3 unspecified atom stereocenters. The maximum Gasteiger partial charge on any atom is 0.0580 e. The molecule has 1 rings (SSSR count). The highest BCUT2D eigenvalue weighted by atomic mass is 16.3. The molecule has 0 radical (unpaired) electrons. The van der Waals surface area contributed by atoms with Gasteiger partial charge >= 0.3 is 0 Å². The van der Waals surface area contributed by atoms with Gasteiger partial charge in [-0.25, -0.2) is 0 Å². The number of aliphatic hydroxyl groups is 1. The summed E-state index contributed by atoms with van der Waals surface area (Å²) >= 11 is 0. The highest BCUT2D eigenvalue weighted by molar-refractivity contribution is 4.80. The normalized spacial score (nSPS) is 33.6. The number of aliphatic hydroxyl groups excluding tert-OH is 1. The van der Waals surface area contributed by atoms with E-state index in [9.17, 15) is 5.11 Å². The predicted octanol–water partition coefficient (Wildman–Crippen LogP) is 2.13. The lowest BCUT2D eigenvalue weighted by atomic mass is 9.80. The Hall–Kier alpha value is -0.0800. The first-order valence-electron chi connectivity index (χ1n) is 6.07. The fourth-order valence-corrected chi connectivity index (χ4v) is 2.49. The van der Waals surface area contributed by atoms with E-state index in [2.05, 4.69) is 25.7 Å². The van der Waals surface area contributed by atoms with Gasteiger partial charge in [0.15, 0.2) is 0 Å². The van der Waals surface area contributed by atoms with Crippen LogP contribution < -0.4 is 0 Å². The first-order chi connectivity index (χ1) is 6.67. The topological polar surface area (TPSA) is 23.5 Å². The van der Waals surface area contributed by atoms with Crippen LogP contribution in [0.25, 0.3) is 0 Å². The van der Waals surface area contributed by atoms with Crippen LogP contribution >= 0.6 is 0 Å². The zero-order valence-electron chi connectivity index (χ0n) is 9.87. The Morgan fingerprint density at radius 1 is 1.21 bits per heavy atom. The molecule has 2 heteroatoms. The van der Waals surface area contributed by atoms with Crippen molar-refractivity contribution in [2.24, 2.45) is 11.8 Å². The molecule has 0 aromatic carbocycles. The Balaban J connectivity index is 2.40. The van der Waals surface area contributed by atoms with E-state index < -0.39 is 0 Å².